The highest BCUT2D eigenvalue weighted by molar-refractivity contribution is 7.90. The van der Waals surface area contributed by atoms with Crippen LogP contribution in [0.3, 0.4) is 0 Å². The minimum atomic E-state index is -4.92. The molecule has 4 aromatic rings. The number of nitrogens with zero attached hydrogens (tertiary/aromatic N) is 4. The minimum Gasteiger partial charge on any atom is -0.340 e. The Kier molecular flexibility index (Phi) is 7.59. The summed E-state index contributed by atoms with van der Waals surface area (Å²) in [5, 5.41) is 1.36. The highest BCUT2D eigenvalue weighted by Gasteiger charge is 2.51. The van der Waals surface area contributed by atoms with Crippen LogP contribution in [-0.2, 0) is 16.8 Å². The van der Waals surface area contributed by atoms with Crippen LogP contribution >= 0.6 is 0 Å². The molecular formula is C29H23F6N5O4S. The van der Waals surface area contributed by atoms with Crippen molar-refractivity contribution in [3.63, 3.8) is 0 Å². The van der Waals surface area contributed by atoms with Crippen LogP contribution in [0.5, 0.6) is 0 Å². The van der Waals surface area contributed by atoms with Crippen LogP contribution in [0.2, 0.25) is 0 Å². The topological polar surface area (TPSA) is 105 Å². The number of amides is 1. The third-order valence-electron chi connectivity index (χ3n) is 7.67. The number of halogens is 6. The van der Waals surface area contributed by atoms with Gasteiger partial charge in [-0.1, -0.05) is 30.3 Å². The number of carbonyl (C=O) groups is 1. The van der Waals surface area contributed by atoms with Crippen LogP contribution in [-0.4, -0.2) is 53.5 Å². The summed E-state index contributed by atoms with van der Waals surface area (Å²) < 4.78 is 117. The minimum absolute atomic E-state index is 0.143. The smallest absolute Gasteiger partial charge is 0.340 e. The van der Waals surface area contributed by atoms with Crippen LogP contribution in [0.25, 0.3) is 16.7 Å². The van der Waals surface area contributed by atoms with Crippen LogP contribution in [0, 0.1) is 23.4 Å². The van der Waals surface area contributed by atoms with E-state index in [1.165, 1.54) is 6.07 Å². The number of aromatic nitrogens is 2. The van der Waals surface area contributed by atoms with Crippen molar-refractivity contribution in [3.05, 3.63) is 99.6 Å². The molecule has 236 valence electrons. The maximum absolute atomic E-state index is 15.4. The van der Waals surface area contributed by atoms with E-state index in [9.17, 15) is 35.6 Å². The normalized spacial score (nSPS) is 17.5. The van der Waals surface area contributed by atoms with Crippen molar-refractivity contribution in [3.8, 4) is 5.69 Å². The van der Waals surface area contributed by atoms with Gasteiger partial charge in [0.2, 0.25) is 5.43 Å². The SMILES string of the molecule is O=C(N[C@@H](C1CC1)C(F)(F)F)c1c(N2CCN(Cc3ccccc3)S2(=O)=O)n(-c2c(F)cc(F)cc2F)c2ncccc2c1=O. The highest BCUT2D eigenvalue weighted by Crippen LogP contribution is 2.41. The van der Waals surface area contributed by atoms with Gasteiger partial charge in [-0.05, 0) is 36.5 Å². The van der Waals surface area contributed by atoms with E-state index in [2.05, 4.69) is 4.98 Å². The molecule has 6 rings (SSSR count). The van der Waals surface area contributed by atoms with E-state index < -0.39 is 91.8 Å². The van der Waals surface area contributed by atoms with Gasteiger partial charge in [0.15, 0.2) is 11.6 Å². The Bertz CT molecular complexity index is 1960. The van der Waals surface area contributed by atoms with Gasteiger partial charge >= 0.3 is 16.4 Å². The first-order valence-electron chi connectivity index (χ1n) is 13.7. The molecular weight excluding hydrogens is 628 g/mol. The first-order valence-corrected chi connectivity index (χ1v) is 15.1. The van der Waals surface area contributed by atoms with Gasteiger partial charge < -0.3 is 5.32 Å². The number of carbonyl (C=O) groups excluding carboxylic acids is 1. The van der Waals surface area contributed by atoms with Gasteiger partial charge in [-0.15, -0.1) is 0 Å². The van der Waals surface area contributed by atoms with E-state index >= 15 is 8.78 Å². The Balaban J connectivity index is 1.63. The molecule has 1 aliphatic heterocycles. The van der Waals surface area contributed by atoms with Crippen molar-refractivity contribution < 1.29 is 39.6 Å². The second-order valence-corrected chi connectivity index (χ2v) is 12.5. The summed E-state index contributed by atoms with van der Waals surface area (Å²) in [4.78, 5) is 31.6. The molecule has 2 aliphatic rings. The second kappa shape index (κ2) is 11.2. The molecule has 0 unspecified atom stereocenters. The van der Waals surface area contributed by atoms with Gasteiger partial charge in [0.1, 0.15) is 34.6 Å². The van der Waals surface area contributed by atoms with Gasteiger partial charge in [-0.25, -0.2) is 22.5 Å². The quantitative estimate of drug-likeness (QED) is 0.298. The fraction of sp³-hybridized carbons (Fsp3) is 0.276. The third-order valence-corrected chi connectivity index (χ3v) is 9.54. The Labute approximate surface area is 251 Å². The molecule has 1 amide bonds. The summed E-state index contributed by atoms with van der Waals surface area (Å²) >= 11 is 0. The molecule has 1 atom stereocenters. The predicted molar refractivity (Wildman–Crippen MR) is 150 cm³/mol. The predicted octanol–water partition coefficient (Wildman–Crippen LogP) is 4.44. The van der Waals surface area contributed by atoms with E-state index in [1.807, 2.05) is 5.32 Å². The Morgan fingerprint density at radius 2 is 1.67 bits per heavy atom. The molecule has 2 aromatic heterocycles. The standard InChI is InChI=1S/C29H23F6N5O4S/c30-18-13-20(31)23(21(32)14-18)40-26-19(7-4-10-36-26)24(41)22(27(42)37-25(17-8-9-17)29(33,34)35)28(40)39-12-11-38(45(39,43)44)15-16-5-2-1-3-6-16/h1-7,10,13-14,17,25H,8-9,11-12,15H2,(H,37,42)/t25-/m0/s1. The molecule has 16 heteroatoms. The summed E-state index contributed by atoms with van der Waals surface area (Å²) in [6, 6.07) is 8.90. The zero-order valence-electron chi connectivity index (χ0n) is 23.1. The number of pyridine rings is 2. The Morgan fingerprint density at radius 3 is 2.29 bits per heavy atom. The first kappa shape index (κ1) is 30.6. The van der Waals surface area contributed by atoms with E-state index in [1.54, 1.807) is 30.3 Å². The highest BCUT2D eigenvalue weighted by atomic mass is 32.2. The molecule has 1 aliphatic carbocycles. The van der Waals surface area contributed by atoms with E-state index in [0.29, 0.717) is 26.6 Å². The number of alkyl halides is 3. The van der Waals surface area contributed by atoms with Crippen LogP contribution in [0.4, 0.5) is 32.2 Å². The number of hydrogen-bond acceptors (Lipinski definition) is 5. The molecule has 3 heterocycles. The van der Waals surface area contributed by atoms with E-state index in [4.69, 9.17) is 0 Å². The summed E-state index contributed by atoms with van der Waals surface area (Å²) in [5.41, 5.74) is -3.40. The fourth-order valence-electron chi connectivity index (χ4n) is 5.45. The van der Waals surface area contributed by atoms with Crippen LogP contribution in [0.15, 0.2) is 65.6 Å². The van der Waals surface area contributed by atoms with Crippen molar-refractivity contribution in [1.29, 1.82) is 0 Å². The summed E-state index contributed by atoms with van der Waals surface area (Å²) in [7, 11) is -4.69. The molecule has 1 N–H and O–H groups in total. The molecule has 45 heavy (non-hydrogen) atoms. The zero-order chi connectivity index (χ0) is 32.3. The average molecular weight is 652 g/mol. The van der Waals surface area contributed by atoms with E-state index in [0.717, 1.165) is 16.6 Å². The number of benzene rings is 2. The van der Waals surface area contributed by atoms with Crippen molar-refractivity contribution in [2.45, 2.75) is 31.6 Å². The molecule has 2 aromatic carbocycles. The van der Waals surface area contributed by atoms with Gasteiger partial charge in [0.25, 0.3) is 5.91 Å². The lowest BCUT2D eigenvalue weighted by Gasteiger charge is -2.28. The molecule has 1 saturated carbocycles. The monoisotopic (exact) mass is 651 g/mol. The molecule has 0 bridgehead atoms. The van der Waals surface area contributed by atoms with Gasteiger partial charge in [-0.3, -0.25) is 14.2 Å². The molecule has 9 nitrogen and oxygen atoms in total. The lowest BCUT2D eigenvalue weighted by Crippen LogP contribution is -2.49. The number of rotatable bonds is 7. The third kappa shape index (κ3) is 5.52. The number of hydrogen-bond donors (Lipinski definition) is 1. The lowest BCUT2D eigenvalue weighted by molar-refractivity contribution is -0.158. The number of anilines is 1. The maximum atomic E-state index is 15.4. The first-order chi connectivity index (χ1) is 21.3. The summed E-state index contributed by atoms with van der Waals surface area (Å²) in [6.45, 7) is -0.869. The van der Waals surface area contributed by atoms with Crippen molar-refractivity contribution >= 4 is 33.0 Å². The van der Waals surface area contributed by atoms with Gasteiger partial charge in [0.05, 0.1) is 11.9 Å². The van der Waals surface area contributed by atoms with Crippen LogP contribution in [0.1, 0.15) is 28.8 Å². The van der Waals surface area contributed by atoms with Gasteiger partial charge in [0, 0.05) is 31.4 Å². The molecule has 2 fully saturated rings. The summed E-state index contributed by atoms with van der Waals surface area (Å²) in [5.74, 6) is -7.97. The molecule has 0 spiro atoms. The van der Waals surface area contributed by atoms with Crippen LogP contribution < -0.4 is 15.1 Å². The number of fused-ring (bicyclic) bond motifs is 1. The van der Waals surface area contributed by atoms with Crippen molar-refractivity contribution in [2.75, 3.05) is 17.4 Å². The lowest BCUT2D eigenvalue weighted by atomic mass is 10.1. The second-order valence-electron chi connectivity index (χ2n) is 10.7. The van der Waals surface area contributed by atoms with Crippen molar-refractivity contribution in [1.82, 2.24) is 19.2 Å². The number of nitrogens with one attached hydrogen (secondary N) is 1. The van der Waals surface area contributed by atoms with Crippen molar-refractivity contribution in [2.24, 2.45) is 5.92 Å². The average Bonchev–Trinajstić information content (AvgIpc) is 3.76. The maximum Gasteiger partial charge on any atom is 0.408 e. The summed E-state index contributed by atoms with van der Waals surface area (Å²) in [6.07, 6.45) is -3.52. The van der Waals surface area contributed by atoms with E-state index in [-0.39, 0.29) is 25.9 Å². The Morgan fingerprint density at radius 1 is 1.00 bits per heavy atom. The zero-order valence-corrected chi connectivity index (χ0v) is 23.9. The molecule has 1 saturated heterocycles. The molecule has 0 radical (unpaired) electrons. The fourth-order valence-corrected chi connectivity index (χ4v) is 7.05. The Hall–Kier alpha value is -4.44. The van der Waals surface area contributed by atoms with Gasteiger partial charge in [-0.2, -0.15) is 25.9 Å². The largest absolute Gasteiger partial charge is 0.408 e.